The Hall–Kier alpha value is -1.59. The van der Waals surface area contributed by atoms with Crippen molar-refractivity contribution in [3.63, 3.8) is 0 Å². The summed E-state index contributed by atoms with van der Waals surface area (Å²) in [6.45, 7) is 3.45. The number of aromatic nitrogens is 1. The fraction of sp³-hybridized carbons (Fsp3) is 0.400. The Kier molecular flexibility index (Phi) is 5.38. The predicted octanol–water partition coefficient (Wildman–Crippen LogP) is 2.80. The van der Waals surface area contributed by atoms with Gasteiger partial charge in [-0.15, -0.1) is 11.3 Å². The van der Waals surface area contributed by atoms with Crippen LogP contribution in [0.1, 0.15) is 16.1 Å². The Labute approximate surface area is 123 Å². The maximum atomic E-state index is 5.92. The van der Waals surface area contributed by atoms with Gasteiger partial charge in [-0.2, -0.15) is 0 Å². The lowest BCUT2D eigenvalue weighted by Crippen LogP contribution is -2.09. The van der Waals surface area contributed by atoms with Crippen LogP contribution in [0.25, 0.3) is 0 Å². The summed E-state index contributed by atoms with van der Waals surface area (Å²) in [5.74, 6) is 1.69. The summed E-state index contributed by atoms with van der Waals surface area (Å²) in [5, 5.41) is 3.15. The Morgan fingerprint density at radius 1 is 1.35 bits per heavy atom. The summed E-state index contributed by atoms with van der Waals surface area (Å²) >= 11 is 1.68. The molecule has 2 rings (SSSR count). The van der Waals surface area contributed by atoms with E-state index >= 15 is 0 Å². The van der Waals surface area contributed by atoms with Gasteiger partial charge in [-0.1, -0.05) is 6.07 Å². The van der Waals surface area contributed by atoms with Crippen LogP contribution in [-0.4, -0.2) is 25.7 Å². The van der Waals surface area contributed by atoms with Crippen molar-refractivity contribution in [1.82, 2.24) is 10.3 Å². The molecule has 0 bridgehead atoms. The molecule has 1 N–H and O–H groups in total. The van der Waals surface area contributed by atoms with E-state index in [1.165, 1.54) is 4.88 Å². The van der Waals surface area contributed by atoms with Gasteiger partial charge in [0.05, 0.1) is 24.9 Å². The van der Waals surface area contributed by atoms with Crippen molar-refractivity contribution in [2.24, 2.45) is 0 Å². The van der Waals surface area contributed by atoms with Crippen LogP contribution >= 0.6 is 11.3 Å². The molecule has 4 nitrogen and oxygen atoms in total. The van der Waals surface area contributed by atoms with E-state index < -0.39 is 0 Å². The molecular weight excluding hydrogens is 272 g/mol. The average Bonchev–Trinajstić information content (AvgIpc) is 2.86. The molecule has 0 saturated heterocycles. The highest BCUT2D eigenvalue weighted by Gasteiger charge is 2.07. The Morgan fingerprint density at radius 3 is 2.85 bits per heavy atom. The Bertz CT molecular complexity index is 555. The summed E-state index contributed by atoms with van der Waals surface area (Å²) in [4.78, 5) is 5.53. The third kappa shape index (κ3) is 3.71. The van der Waals surface area contributed by atoms with Crippen molar-refractivity contribution in [1.29, 1.82) is 0 Å². The molecule has 5 heteroatoms. The summed E-state index contributed by atoms with van der Waals surface area (Å²) in [6, 6.07) is 5.92. The van der Waals surface area contributed by atoms with E-state index in [1.54, 1.807) is 18.4 Å². The van der Waals surface area contributed by atoms with Crippen molar-refractivity contribution in [3.05, 3.63) is 39.8 Å². The second-order valence-electron chi connectivity index (χ2n) is 4.46. The number of rotatable bonds is 7. The molecule has 0 fully saturated rings. The van der Waals surface area contributed by atoms with Gasteiger partial charge in [0.1, 0.15) is 11.5 Å². The second kappa shape index (κ2) is 7.26. The summed E-state index contributed by atoms with van der Waals surface area (Å²) in [7, 11) is 3.59. The normalized spacial score (nSPS) is 10.6. The van der Waals surface area contributed by atoms with Crippen LogP contribution in [0.4, 0.5) is 0 Å². The van der Waals surface area contributed by atoms with Gasteiger partial charge in [-0.25, -0.2) is 4.98 Å². The minimum Gasteiger partial charge on any atom is -0.497 e. The molecule has 1 heterocycles. The number of benzene rings is 1. The van der Waals surface area contributed by atoms with Gasteiger partial charge in [0, 0.05) is 29.5 Å². The van der Waals surface area contributed by atoms with E-state index in [2.05, 4.69) is 10.3 Å². The predicted molar refractivity (Wildman–Crippen MR) is 81.8 cm³/mol. The van der Waals surface area contributed by atoms with Crippen LogP contribution in [-0.2, 0) is 13.0 Å². The largest absolute Gasteiger partial charge is 0.497 e. The molecule has 0 aliphatic rings. The first-order valence-electron chi connectivity index (χ1n) is 6.58. The van der Waals surface area contributed by atoms with Gasteiger partial charge in [0.15, 0.2) is 0 Å². The monoisotopic (exact) mass is 292 g/mol. The first-order valence-corrected chi connectivity index (χ1v) is 7.46. The lowest BCUT2D eigenvalue weighted by Gasteiger charge is -2.12. The number of hydrogen-bond donors (Lipinski definition) is 1. The highest BCUT2D eigenvalue weighted by atomic mass is 32.1. The minimum atomic E-state index is 0.646. The number of aryl methyl sites for hydroxylation is 1. The van der Waals surface area contributed by atoms with Crippen LogP contribution in [0.2, 0.25) is 0 Å². The molecular formula is C15H20N2O2S. The standard InChI is InChI=1S/C15H20N2O2S/c1-11-15(20-10-17-11)6-7-19-14-8-13(18-3)5-4-12(14)9-16-2/h4-5,8,10,16H,6-7,9H2,1-3H3. The molecule has 2 aromatic rings. The van der Waals surface area contributed by atoms with Crippen LogP contribution in [0.15, 0.2) is 23.7 Å². The van der Waals surface area contributed by atoms with E-state index in [0.717, 1.165) is 35.7 Å². The van der Waals surface area contributed by atoms with Crippen LogP contribution in [0.5, 0.6) is 11.5 Å². The third-order valence-corrected chi connectivity index (χ3v) is 4.07. The number of nitrogens with zero attached hydrogens (tertiary/aromatic N) is 1. The number of ether oxygens (including phenoxy) is 2. The van der Waals surface area contributed by atoms with Crippen LogP contribution in [0, 0.1) is 6.92 Å². The molecule has 0 unspecified atom stereocenters. The Morgan fingerprint density at radius 2 is 2.20 bits per heavy atom. The van der Waals surface area contributed by atoms with Crippen LogP contribution < -0.4 is 14.8 Å². The first-order chi connectivity index (χ1) is 9.74. The lowest BCUT2D eigenvalue weighted by atomic mass is 10.2. The summed E-state index contributed by atoms with van der Waals surface area (Å²) in [5.41, 5.74) is 4.11. The quantitative estimate of drug-likeness (QED) is 0.852. The van der Waals surface area contributed by atoms with Crippen molar-refractivity contribution >= 4 is 11.3 Å². The maximum Gasteiger partial charge on any atom is 0.127 e. The number of nitrogens with one attached hydrogen (secondary N) is 1. The van der Waals surface area contributed by atoms with E-state index in [9.17, 15) is 0 Å². The zero-order valence-electron chi connectivity index (χ0n) is 12.1. The fourth-order valence-corrected chi connectivity index (χ4v) is 2.72. The van der Waals surface area contributed by atoms with E-state index in [1.807, 2.05) is 37.7 Å². The molecule has 0 spiro atoms. The molecule has 0 radical (unpaired) electrons. The molecule has 0 aliphatic carbocycles. The van der Waals surface area contributed by atoms with Crippen molar-refractivity contribution < 1.29 is 9.47 Å². The molecule has 0 amide bonds. The Balaban J connectivity index is 2.01. The average molecular weight is 292 g/mol. The van der Waals surface area contributed by atoms with Crippen molar-refractivity contribution in [2.45, 2.75) is 19.9 Å². The van der Waals surface area contributed by atoms with Crippen molar-refractivity contribution in [2.75, 3.05) is 20.8 Å². The highest BCUT2D eigenvalue weighted by molar-refractivity contribution is 7.09. The molecule has 1 aromatic carbocycles. The third-order valence-electron chi connectivity index (χ3n) is 3.07. The number of hydrogen-bond acceptors (Lipinski definition) is 5. The van der Waals surface area contributed by atoms with Gasteiger partial charge in [0.2, 0.25) is 0 Å². The van der Waals surface area contributed by atoms with Gasteiger partial charge in [-0.3, -0.25) is 0 Å². The molecule has 108 valence electrons. The van der Waals surface area contributed by atoms with E-state index in [-0.39, 0.29) is 0 Å². The number of methoxy groups -OCH3 is 1. The van der Waals surface area contributed by atoms with E-state index in [0.29, 0.717) is 6.61 Å². The molecule has 0 atom stereocenters. The van der Waals surface area contributed by atoms with Gasteiger partial charge >= 0.3 is 0 Å². The summed E-state index contributed by atoms with van der Waals surface area (Å²) < 4.78 is 11.2. The smallest absolute Gasteiger partial charge is 0.127 e. The first kappa shape index (κ1) is 14.8. The SMILES string of the molecule is CNCc1ccc(OC)cc1OCCc1scnc1C. The zero-order chi connectivity index (χ0) is 14.4. The lowest BCUT2D eigenvalue weighted by molar-refractivity contribution is 0.315. The van der Waals surface area contributed by atoms with Gasteiger partial charge < -0.3 is 14.8 Å². The molecule has 20 heavy (non-hydrogen) atoms. The second-order valence-corrected chi connectivity index (χ2v) is 5.40. The topological polar surface area (TPSA) is 43.4 Å². The molecule has 1 aromatic heterocycles. The number of thiazole rings is 1. The molecule has 0 saturated carbocycles. The van der Waals surface area contributed by atoms with Gasteiger partial charge in [0.25, 0.3) is 0 Å². The summed E-state index contributed by atoms with van der Waals surface area (Å²) in [6.07, 6.45) is 0.882. The molecule has 0 aliphatic heterocycles. The van der Waals surface area contributed by atoms with Crippen molar-refractivity contribution in [3.8, 4) is 11.5 Å². The highest BCUT2D eigenvalue weighted by Crippen LogP contribution is 2.25. The van der Waals surface area contributed by atoms with Gasteiger partial charge in [-0.05, 0) is 20.0 Å². The minimum absolute atomic E-state index is 0.646. The van der Waals surface area contributed by atoms with Crippen LogP contribution in [0.3, 0.4) is 0 Å². The fourth-order valence-electron chi connectivity index (χ4n) is 1.95. The maximum absolute atomic E-state index is 5.92. The zero-order valence-corrected chi connectivity index (χ0v) is 12.9. The van der Waals surface area contributed by atoms with E-state index in [4.69, 9.17) is 9.47 Å².